The molecule has 0 aliphatic heterocycles. The van der Waals surface area contributed by atoms with Gasteiger partial charge in [0.25, 0.3) is 0 Å². The highest BCUT2D eigenvalue weighted by molar-refractivity contribution is 5.61. The number of hydrogen-bond acceptors (Lipinski definition) is 4. The van der Waals surface area contributed by atoms with E-state index in [0.29, 0.717) is 12.0 Å². The normalized spacial score (nSPS) is 12.2. The van der Waals surface area contributed by atoms with Gasteiger partial charge in [0.05, 0.1) is 0 Å². The first-order valence-corrected chi connectivity index (χ1v) is 8.03. The molecule has 0 radical (unpaired) electrons. The van der Waals surface area contributed by atoms with E-state index < -0.39 is 0 Å². The SMILES string of the molecule is CCC(C)Nc1cc(NCC(C)C)nc(-c2ccccc2)n1. The summed E-state index contributed by atoms with van der Waals surface area (Å²) in [5.41, 5.74) is 1.03. The minimum Gasteiger partial charge on any atom is -0.370 e. The van der Waals surface area contributed by atoms with Gasteiger partial charge < -0.3 is 10.6 Å². The largest absolute Gasteiger partial charge is 0.370 e. The van der Waals surface area contributed by atoms with Gasteiger partial charge in [-0.1, -0.05) is 51.1 Å². The van der Waals surface area contributed by atoms with Crippen LogP contribution in [0.25, 0.3) is 11.4 Å². The van der Waals surface area contributed by atoms with Gasteiger partial charge in [-0.2, -0.15) is 0 Å². The van der Waals surface area contributed by atoms with Crippen LogP contribution in [0.2, 0.25) is 0 Å². The summed E-state index contributed by atoms with van der Waals surface area (Å²) in [5.74, 6) is 3.06. The van der Waals surface area contributed by atoms with Gasteiger partial charge >= 0.3 is 0 Å². The van der Waals surface area contributed by atoms with Crippen LogP contribution >= 0.6 is 0 Å². The van der Waals surface area contributed by atoms with Crippen molar-refractivity contribution in [3.8, 4) is 11.4 Å². The summed E-state index contributed by atoms with van der Waals surface area (Å²) in [6.07, 6.45) is 1.05. The van der Waals surface area contributed by atoms with Gasteiger partial charge in [-0.05, 0) is 19.3 Å². The highest BCUT2D eigenvalue weighted by atomic mass is 15.1. The molecule has 22 heavy (non-hydrogen) atoms. The molecule has 2 aromatic rings. The Hall–Kier alpha value is -2.10. The average molecular weight is 298 g/mol. The van der Waals surface area contributed by atoms with Crippen molar-refractivity contribution in [2.24, 2.45) is 5.92 Å². The Morgan fingerprint density at radius 3 is 2.32 bits per heavy atom. The molecule has 0 aliphatic carbocycles. The first-order valence-electron chi connectivity index (χ1n) is 8.03. The average Bonchev–Trinajstić information content (AvgIpc) is 2.53. The van der Waals surface area contributed by atoms with Crippen molar-refractivity contribution in [3.05, 3.63) is 36.4 Å². The summed E-state index contributed by atoms with van der Waals surface area (Å²) < 4.78 is 0. The van der Waals surface area contributed by atoms with Gasteiger partial charge in [-0.25, -0.2) is 9.97 Å². The lowest BCUT2D eigenvalue weighted by atomic mass is 10.2. The number of rotatable bonds is 7. The van der Waals surface area contributed by atoms with Gasteiger partial charge in [0.2, 0.25) is 0 Å². The number of benzene rings is 1. The molecule has 1 atom stereocenters. The highest BCUT2D eigenvalue weighted by Gasteiger charge is 2.08. The first kappa shape index (κ1) is 16.3. The molecule has 0 spiro atoms. The lowest BCUT2D eigenvalue weighted by molar-refractivity contribution is 0.687. The fourth-order valence-electron chi connectivity index (χ4n) is 1.99. The van der Waals surface area contributed by atoms with Gasteiger partial charge in [0.1, 0.15) is 11.6 Å². The fourth-order valence-corrected chi connectivity index (χ4v) is 1.99. The number of nitrogens with one attached hydrogen (secondary N) is 2. The molecular weight excluding hydrogens is 272 g/mol. The molecule has 1 aromatic heterocycles. The third kappa shape index (κ3) is 4.72. The van der Waals surface area contributed by atoms with Gasteiger partial charge in [-0.3, -0.25) is 0 Å². The van der Waals surface area contributed by atoms with Crippen molar-refractivity contribution in [2.45, 2.75) is 40.2 Å². The zero-order chi connectivity index (χ0) is 15.9. The molecule has 0 saturated heterocycles. The second-order valence-electron chi connectivity index (χ2n) is 6.06. The zero-order valence-electron chi connectivity index (χ0n) is 13.9. The smallest absolute Gasteiger partial charge is 0.163 e. The molecule has 4 heteroatoms. The minimum atomic E-state index is 0.386. The van der Waals surface area contributed by atoms with Gasteiger partial charge in [-0.15, -0.1) is 0 Å². The first-order chi connectivity index (χ1) is 10.6. The molecule has 0 amide bonds. The number of aromatic nitrogens is 2. The van der Waals surface area contributed by atoms with E-state index in [1.807, 2.05) is 36.4 Å². The predicted molar refractivity (Wildman–Crippen MR) is 94.2 cm³/mol. The number of hydrogen-bond donors (Lipinski definition) is 2. The maximum absolute atomic E-state index is 4.66. The van der Waals surface area contributed by atoms with Crippen molar-refractivity contribution in [2.75, 3.05) is 17.2 Å². The lowest BCUT2D eigenvalue weighted by Crippen LogP contribution is -2.16. The van der Waals surface area contributed by atoms with E-state index >= 15 is 0 Å². The summed E-state index contributed by atoms with van der Waals surface area (Å²) in [6.45, 7) is 9.59. The van der Waals surface area contributed by atoms with E-state index in [2.05, 4.69) is 48.3 Å². The molecule has 0 saturated carbocycles. The van der Waals surface area contributed by atoms with Crippen LogP contribution in [0.15, 0.2) is 36.4 Å². The second kappa shape index (κ2) is 7.78. The van der Waals surface area contributed by atoms with E-state index in [1.165, 1.54) is 0 Å². The molecule has 0 bridgehead atoms. The predicted octanol–water partition coefficient (Wildman–Crippen LogP) is 4.42. The Bertz CT molecular complexity index is 581. The summed E-state index contributed by atoms with van der Waals surface area (Å²) in [4.78, 5) is 9.30. The highest BCUT2D eigenvalue weighted by Crippen LogP contribution is 2.21. The Labute approximate surface area is 133 Å². The minimum absolute atomic E-state index is 0.386. The topological polar surface area (TPSA) is 49.8 Å². The maximum atomic E-state index is 4.66. The summed E-state index contributed by atoms with van der Waals surface area (Å²) in [7, 11) is 0. The van der Waals surface area contributed by atoms with Crippen LogP contribution < -0.4 is 10.6 Å². The fraction of sp³-hybridized carbons (Fsp3) is 0.444. The molecular formula is C18H26N4. The van der Waals surface area contributed by atoms with Crippen molar-refractivity contribution in [1.82, 2.24) is 9.97 Å². The molecule has 0 aliphatic rings. The zero-order valence-corrected chi connectivity index (χ0v) is 13.9. The summed E-state index contributed by atoms with van der Waals surface area (Å²) >= 11 is 0. The van der Waals surface area contributed by atoms with Crippen LogP contribution in [0.5, 0.6) is 0 Å². The van der Waals surface area contributed by atoms with Crippen LogP contribution in [0.1, 0.15) is 34.1 Å². The molecule has 118 valence electrons. The van der Waals surface area contributed by atoms with Gasteiger partial charge in [0.15, 0.2) is 5.82 Å². The monoisotopic (exact) mass is 298 g/mol. The van der Waals surface area contributed by atoms with E-state index in [0.717, 1.165) is 36.0 Å². The van der Waals surface area contributed by atoms with Gasteiger partial charge in [0, 0.05) is 24.2 Å². The van der Waals surface area contributed by atoms with Crippen LogP contribution in [0.4, 0.5) is 11.6 Å². The Morgan fingerprint density at radius 2 is 1.68 bits per heavy atom. The summed E-state index contributed by atoms with van der Waals surface area (Å²) in [6, 6.07) is 12.5. The van der Waals surface area contributed by atoms with Crippen LogP contribution in [0.3, 0.4) is 0 Å². The third-order valence-electron chi connectivity index (χ3n) is 3.46. The van der Waals surface area contributed by atoms with Crippen molar-refractivity contribution in [1.29, 1.82) is 0 Å². The van der Waals surface area contributed by atoms with E-state index in [-0.39, 0.29) is 0 Å². The lowest BCUT2D eigenvalue weighted by Gasteiger charge is -2.15. The second-order valence-corrected chi connectivity index (χ2v) is 6.06. The Morgan fingerprint density at radius 1 is 1.00 bits per heavy atom. The number of nitrogens with zero attached hydrogens (tertiary/aromatic N) is 2. The third-order valence-corrected chi connectivity index (χ3v) is 3.46. The number of anilines is 2. The molecule has 2 N–H and O–H groups in total. The Balaban J connectivity index is 2.31. The standard InChI is InChI=1S/C18H26N4/c1-5-14(4)20-17-11-16(19-12-13(2)3)21-18(22-17)15-9-7-6-8-10-15/h6-11,13-14H,5,12H2,1-4H3,(H2,19,20,21,22). The van der Waals surface area contributed by atoms with E-state index in [9.17, 15) is 0 Å². The van der Waals surface area contributed by atoms with Crippen LogP contribution in [0, 0.1) is 5.92 Å². The van der Waals surface area contributed by atoms with E-state index in [1.54, 1.807) is 0 Å². The van der Waals surface area contributed by atoms with Crippen LogP contribution in [-0.4, -0.2) is 22.6 Å². The van der Waals surface area contributed by atoms with E-state index in [4.69, 9.17) is 0 Å². The van der Waals surface area contributed by atoms with Crippen molar-refractivity contribution >= 4 is 11.6 Å². The van der Waals surface area contributed by atoms with Crippen molar-refractivity contribution < 1.29 is 0 Å². The molecule has 0 fully saturated rings. The molecule has 1 heterocycles. The molecule has 2 rings (SSSR count). The maximum Gasteiger partial charge on any atom is 0.163 e. The van der Waals surface area contributed by atoms with Crippen LogP contribution in [-0.2, 0) is 0 Å². The van der Waals surface area contributed by atoms with Crippen molar-refractivity contribution in [3.63, 3.8) is 0 Å². The molecule has 4 nitrogen and oxygen atoms in total. The molecule has 1 unspecified atom stereocenters. The molecule has 1 aromatic carbocycles. The quantitative estimate of drug-likeness (QED) is 0.794. The summed E-state index contributed by atoms with van der Waals surface area (Å²) in [5, 5.41) is 6.83. The Kier molecular flexibility index (Phi) is 5.75.